The first-order chi connectivity index (χ1) is 22.1. The summed E-state index contributed by atoms with van der Waals surface area (Å²) in [6.07, 6.45) is 10.5. The predicted molar refractivity (Wildman–Crippen MR) is 169 cm³/mol. The highest BCUT2D eigenvalue weighted by molar-refractivity contribution is 7.89. The van der Waals surface area contributed by atoms with Crippen molar-refractivity contribution in [2.45, 2.75) is 60.8 Å². The molecule has 2 bridgehead atoms. The minimum atomic E-state index is -4.26. The van der Waals surface area contributed by atoms with Gasteiger partial charge in [-0.25, -0.2) is 17.2 Å². The number of alkyl halides is 1. The number of hydrogen-bond acceptors (Lipinski definition) is 9. The van der Waals surface area contributed by atoms with Crippen LogP contribution >= 0.6 is 0 Å². The van der Waals surface area contributed by atoms with Gasteiger partial charge in [0.25, 0.3) is 10.0 Å². The number of halogens is 2. The van der Waals surface area contributed by atoms with Crippen molar-refractivity contribution in [2.24, 2.45) is 0 Å². The molecule has 5 aliphatic rings. The molecule has 240 valence electrons. The lowest BCUT2D eigenvalue weighted by molar-refractivity contribution is 0.107. The average molecular weight is 649 g/mol. The highest BCUT2D eigenvalue weighted by Crippen LogP contribution is 2.44. The molecule has 2 N–H and O–H groups in total. The zero-order chi connectivity index (χ0) is 32.0. The van der Waals surface area contributed by atoms with Crippen molar-refractivity contribution in [2.75, 3.05) is 44.7 Å². The van der Waals surface area contributed by atoms with Crippen molar-refractivity contribution in [3.8, 4) is 24.1 Å². The summed E-state index contributed by atoms with van der Waals surface area (Å²) >= 11 is 0. The number of rotatable bonds is 5. The largest absolute Gasteiger partial charge is 0.508 e. The van der Waals surface area contributed by atoms with E-state index in [2.05, 4.69) is 21.1 Å². The minimum Gasteiger partial charge on any atom is -0.508 e. The maximum Gasteiger partial charge on any atom is 0.319 e. The Morgan fingerprint density at radius 2 is 1.98 bits per heavy atom. The molecule has 6 heterocycles. The van der Waals surface area contributed by atoms with Crippen LogP contribution in [0.2, 0.25) is 0 Å². The maximum absolute atomic E-state index is 14.9. The molecule has 2 aromatic carbocycles. The molecule has 4 fully saturated rings. The molecule has 4 atom stereocenters. The Labute approximate surface area is 266 Å². The van der Waals surface area contributed by atoms with Gasteiger partial charge in [0.1, 0.15) is 24.3 Å². The lowest BCUT2D eigenvalue weighted by atomic mass is 9.95. The quantitative estimate of drug-likeness (QED) is 0.402. The van der Waals surface area contributed by atoms with Gasteiger partial charge < -0.3 is 20.1 Å². The molecule has 8 rings (SSSR count). The van der Waals surface area contributed by atoms with Gasteiger partial charge in [-0.1, -0.05) is 12.0 Å². The van der Waals surface area contributed by atoms with Crippen LogP contribution in [-0.4, -0.2) is 96.3 Å². The Hall–Kier alpha value is -3.99. The summed E-state index contributed by atoms with van der Waals surface area (Å²) in [6.45, 7) is 2.50. The Kier molecular flexibility index (Phi) is 6.72. The van der Waals surface area contributed by atoms with E-state index in [1.165, 1.54) is 31.3 Å². The molecule has 5 aliphatic heterocycles. The first-order valence-corrected chi connectivity index (χ1v) is 17.1. The number of fused-ring (bicyclic) bond motifs is 5. The van der Waals surface area contributed by atoms with Crippen LogP contribution in [0.3, 0.4) is 0 Å². The fourth-order valence-electron chi connectivity index (χ4n) is 8.18. The van der Waals surface area contributed by atoms with E-state index < -0.39 is 27.6 Å². The molecular formula is C33H34F2N6O4S. The zero-order valence-electron chi connectivity index (χ0n) is 25.3. The third-order valence-electron chi connectivity index (χ3n) is 10.3. The van der Waals surface area contributed by atoms with E-state index in [9.17, 15) is 22.3 Å². The van der Waals surface area contributed by atoms with Crippen molar-refractivity contribution in [3.63, 3.8) is 0 Å². The lowest BCUT2D eigenvalue weighted by Crippen LogP contribution is -2.52. The molecule has 0 saturated carbocycles. The van der Waals surface area contributed by atoms with Crippen LogP contribution in [0.4, 0.5) is 14.6 Å². The molecule has 13 heteroatoms. The monoisotopic (exact) mass is 648 g/mol. The number of phenols is 1. The van der Waals surface area contributed by atoms with Gasteiger partial charge in [-0.15, -0.1) is 6.42 Å². The van der Waals surface area contributed by atoms with Crippen LogP contribution in [0, 0.1) is 18.2 Å². The van der Waals surface area contributed by atoms with Crippen molar-refractivity contribution in [3.05, 3.63) is 46.9 Å². The van der Waals surface area contributed by atoms with E-state index in [1.807, 2.05) is 4.90 Å². The third-order valence-corrected chi connectivity index (χ3v) is 12.1. The van der Waals surface area contributed by atoms with Gasteiger partial charge in [-0.05, 0) is 61.9 Å². The smallest absolute Gasteiger partial charge is 0.319 e. The number of terminal acetylenes is 1. The van der Waals surface area contributed by atoms with Gasteiger partial charge in [0, 0.05) is 56.1 Å². The normalized spacial score (nSPS) is 28.2. The summed E-state index contributed by atoms with van der Waals surface area (Å²) in [7, 11) is -2.85. The maximum atomic E-state index is 14.9. The Morgan fingerprint density at radius 1 is 1.20 bits per heavy atom. The predicted octanol–water partition coefficient (Wildman–Crippen LogP) is 3.48. The van der Waals surface area contributed by atoms with E-state index >= 15 is 0 Å². The number of aromatic nitrogens is 2. The third kappa shape index (κ3) is 4.52. The SMILES string of the molecule is C#Cc1c(F)ccc2cc(O)cc(C3=Cc4nc(OC[C@@]56CCCN5C[C@H](F)C6)nc(N5CC6CCC(C5)N6)c4S(=O)(=O)N3C)c12. The zero-order valence-corrected chi connectivity index (χ0v) is 26.2. The molecule has 0 amide bonds. The lowest BCUT2D eigenvalue weighted by Gasteiger charge is -2.37. The summed E-state index contributed by atoms with van der Waals surface area (Å²) in [5, 5.41) is 15.0. The number of benzene rings is 2. The number of hydrogen-bond donors (Lipinski definition) is 2. The number of nitrogens with zero attached hydrogens (tertiary/aromatic N) is 5. The van der Waals surface area contributed by atoms with Gasteiger partial charge in [0.2, 0.25) is 0 Å². The fourth-order valence-corrected chi connectivity index (χ4v) is 9.64. The highest BCUT2D eigenvalue weighted by atomic mass is 32.2. The highest BCUT2D eigenvalue weighted by Gasteiger charge is 2.50. The molecule has 4 saturated heterocycles. The number of piperazine rings is 1. The van der Waals surface area contributed by atoms with E-state index in [1.54, 1.807) is 6.08 Å². The van der Waals surface area contributed by atoms with E-state index in [0.717, 1.165) is 36.5 Å². The molecule has 0 radical (unpaired) electrons. The Balaban J connectivity index is 1.30. The van der Waals surface area contributed by atoms with E-state index in [-0.39, 0.29) is 63.7 Å². The first-order valence-electron chi connectivity index (χ1n) is 15.6. The number of ether oxygens (including phenoxy) is 1. The van der Waals surface area contributed by atoms with Crippen LogP contribution < -0.4 is 15.0 Å². The standard InChI is InChI=1S/C33H34F2N6O4S/c1-3-24-26(35)8-5-19-11-23(42)12-25(29(19)24)28-13-27-30(46(43,44)39(28)2)31(40-16-21-6-7-22(17-40)36-21)38-32(37-27)45-18-33-9-4-10-41(33)15-20(34)14-33/h1,5,8,11-13,20-22,36,42H,4,6-7,9-10,14-18H2,2H3/t20-,21?,22?,33+/m1/s1. The van der Waals surface area contributed by atoms with Gasteiger partial charge in [-0.3, -0.25) is 9.21 Å². The second kappa shape index (κ2) is 10.5. The second-order valence-electron chi connectivity index (χ2n) is 13.1. The Bertz CT molecular complexity index is 1950. The van der Waals surface area contributed by atoms with Crippen LogP contribution in [0.1, 0.15) is 48.9 Å². The minimum absolute atomic E-state index is 0.00893. The summed E-state index contributed by atoms with van der Waals surface area (Å²) in [5.41, 5.74) is 0.0169. The van der Waals surface area contributed by atoms with Crippen LogP contribution in [0.15, 0.2) is 29.2 Å². The van der Waals surface area contributed by atoms with Gasteiger partial charge in [0.05, 0.1) is 22.5 Å². The number of anilines is 1. The average Bonchev–Trinajstić information content (AvgIpc) is 3.67. The Morgan fingerprint density at radius 3 is 2.74 bits per heavy atom. The molecule has 1 aromatic heterocycles. The number of phenolic OH excluding ortho intramolecular Hbond substituents is 1. The van der Waals surface area contributed by atoms with Gasteiger partial charge >= 0.3 is 6.01 Å². The molecule has 2 unspecified atom stereocenters. The van der Waals surface area contributed by atoms with E-state index in [0.29, 0.717) is 36.8 Å². The molecule has 46 heavy (non-hydrogen) atoms. The van der Waals surface area contributed by atoms with Crippen LogP contribution in [-0.2, 0) is 10.0 Å². The number of sulfonamides is 1. The summed E-state index contributed by atoms with van der Waals surface area (Å²) < 4.78 is 65.7. The second-order valence-corrected chi connectivity index (χ2v) is 15.0. The van der Waals surface area contributed by atoms with E-state index in [4.69, 9.17) is 16.1 Å². The summed E-state index contributed by atoms with van der Waals surface area (Å²) in [6, 6.07) is 5.94. The van der Waals surface area contributed by atoms with Crippen LogP contribution in [0.5, 0.6) is 11.8 Å². The molecule has 10 nitrogen and oxygen atoms in total. The van der Waals surface area contributed by atoms with Crippen molar-refractivity contribution in [1.29, 1.82) is 0 Å². The molecule has 0 aliphatic carbocycles. The van der Waals surface area contributed by atoms with Gasteiger partial charge in [0.15, 0.2) is 10.7 Å². The fraction of sp³-hybridized carbons (Fsp3) is 0.455. The first kappa shape index (κ1) is 29.4. The molecule has 0 spiro atoms. The van der Waals surface area contributed by atoms with Crippen molar-refractivity contribution < 1.29 is 27.0 Å². The van der Waals surface area contributed by atoms with Crippen molar-refractivity contribution in [1.82, 2.24) is 24.5 Å². The topological polar surface area (TPSA) is 111 Å². The molecule has 3 aromatic rings. The number of aromatic hydroxyl groups is 1. The van der Waals surface area contributed by atoms with Gasteiger partial charge in [-0.2, -0.15) is 9.97 Å². The summed E-state index contributed by atoms with van der Waals surface area (Å²) in [5.74, 6) is 1.87. The summed E-state index contributed by atoms with van der Waals surface area (Å²) in [4.78, 5) is 13.4. The van der Waals surface area contributed by atoms with Crippen LogP contribution in [0.25, 0.3) is 22.5 Å². The number of nitrogens with one attached hydrogen (secondary N) is 1. The molecular weight excluding hydrogens is 614 g/mol. The van der Waals surface area contributed by atoms with Crippen molar-refractivity contribution >= 4 is 38.4 Å².